The third-order valence-electron chi connectivity index (χ3n) is 2.89. The van der Waals surface area contributed by atoms with Crippen molar-refractivity contribution in [1.29, 1.82) is 0 Å². The average Bonchev–Trinajstić information content (AvgIpc) is 2.39. The van der Waals surface area contributed by atoms with Crippen LogP contribution in [0.5, 0.6) is 0 Å². The fourth-order valence-corrected chi connectivity index (χ4v) is 1.92. The summed E-state index contributed by atoms with van der Waals surface area (Å²) in [7, 11) is 0. The lowest BCUT2D eigenvalue weighted by Crippen LogP contribution is -2.46. The molecule has 7 heteroatoms. The standard InChI is InChI=1S/C11H15NO6/c1-11(2)5-7(13)12(10(11)18)6(9(16)17)3-4-8(14)15/h6H,3-5H2,1-2H3,(H,14,15)(H,16,17). The highest BCUT2D eigenvalue weighted by molar-refractivity contribution is 6.08. The van der Waals surface area contributed by atoms with Gasteiger partial charge in [0.05, 0.1) is 5.41 Å². The monoisotopic (exact) mass is 257 g/mol. The van der Waals surface area contributed by atoms with Crippen LogP contribution < -0.4 is 0 Å². The van der Waals surface area contributed by atoms with Crippen molar-refractivity contribution in [1.82, 2.24) is 4.90 Å². The number of carbonyl (C=O) groups is 4. The first-order valence-corrected chi connectivity index (χ1v) is 5.48. The van der Waals surface area contributed by atoms with E-state index in [1.807, 2.05) is 0 Å². The Morgan fingerprint density at radius 1 is 1.33 bits per heavy atom. The Kier molecular flexibility index (Phi) is 3.73. The molecule has 0 aromatic carbocycles. The van der Waals surface area contributed by atoms with Crippen LogP contribution in [0.1, 0.15) is 33.1 Å². The van der Waals surface area contributed by atoms with Gasteiger partial charge in [0.2, 0.25) is 11.8 Å². The summed E-state index contributed by atoms with van der Waals surface area (Å²) in [6, 6.07) is -1.40. The molecule has 1 aliphatic rings. The van der Waals surface area contributed by atoms with Gasteiger partial charge in [-0.15, -0.1) is 0 Å². The maximum absolute atomic E-state index is 11.9. The molecule has 0 aliphatic carbocycles. The van der Waals surface area contributed by atoms with E-state index in [9.17, 15) is 19.2 Å². The molecule has 0 spiro atoms. The number of nitrogens with zero attached hydrogens (tertiary/aromatic N) is 1. The van der Waals surface area contributed by atoms with E-state index in [1.165, 1.54) is 0 Å². The van der Waals surface area contributed by atoms with E-state index >= 15 is 0 Å². The zero-order chi connectivity index (χ0) is 14.1. The number of carboxylic acids is 2. The lowest BCUT2D eigenvalue weighted by molar-refractivity contribution is -0.156. The Morgan fingerprint density at radius 2 is 1.89 bits per heavy atom. The summed E-state index contributed by atoms with van der Waals surface area (Å²) in [6.45, 7) is 3.12. The van der Waals surface area contributed by atoms with Gasteiger partial charge in [0.1, 0.15) is 6.04 Å². The third kappa shape index (κ3) is 2.66. The molecule has 1 aliphatic heterocycles. The molecule has 1 rings (SSSR count). The summed E-state index contributed by atoms with van der Waals surface area (Å²) < 4.78 is 0. The number of rotatable bonds is 5. The molecule has 1 fully saturated rings. The number of carbonyl (C=O) groups excluding carboxylic acids is 2. The molecular formula is C11H15NO6. The van der Waals surface area contributed by atoms with Gasteiger partial charge >= 0.3 is 11.9 Å². The van der Waals surface area contributed by atoms with E-state index in [1.54, 1.807) is 13.8 Å². The molecule has 0 aromatic heterocycles. The van der Waals surface area contributed by atoms with Gasteiger partial charge in [0.25, 0.3) is 0 Å². The van der Waals surface area contributed by atoms with Crippen molar-refractivity contribution in [3.63, 3.8) is 0 Å². The van der Waals surface area contributed by atoms with Crippen LogP contribution in [0, 0.1) is 5.41 Å². The van der Waals surface area contributed by atoms with E-state index in [-0.39, 0.29) is 12.8 Å². The minimum absolute atomic E-state index is 0.0529. The van der Waals surface area contributed by atoms with Crippen LogP contribution in [0.3, 0.4) is 0 Å². The van der Waals surface area contributed by atoms with E-state index < -0.39 is 41.6 Å². The lowest BCUT2D eigenvalue weighted by Gasteiger charge is -2.23. The molecule has 0 radical (unpaired) electrons. The minimum atomic E-state index is -1.40. The molecule has 2 amide bonds. The molecule has 1 unspecified atom stereocenters. The van der Waals surface area contributed by atoms with Gasteiger partial charge in [-0.2, -0.15) is 0 Å². The quantitative estimate of drug-likeness (QED) is 0.675. The molecule has 2 N–H and O–H groups in total. The molecule has 0 bridgehead atoms. The normalized spacial score (nSPS) is 20.0. The Labute approximate surface area is 103 Å². The van der Waals surface area contributed by atoms with Crippen molar-refractivity contribution in [2.45, 2.75) is 39.2 Å². The van der Waals surface area contributed by atoms with Crippen LogP contribution in [0.25, 0.3) is 0 Å². The second-order valence-corrected chi connectivity index (χ2v) is 4.92. The molecule has 18 heavy (non-hydrogen) atoms. The van der Waals surface area contributed by atoms with E-state index in [4.69, 9.17) is 10.2 Å². The SMILES string of the molecule is CC1(C)CC(=O)N(C(CCC(=O)O)C(=O)O)C1=O. The van der Waals surface area contributed by atoms with E-state index in [2.05, 4.69) is 0 Å². The van der Waals surface area contributed by atoms with Crippen LogP contribution in [0.4, 0.5) is 0 Å². The van der Waals surface area contributed by atoms with Crippen molar-refractivity contribution in [3.8, 4) is 0 Å². The first kappa shape index (κ1) is 14.1. The fraction of sp³-hybridized carbons (Fsp3) is 0.636. The number of amides is 2. The average molecular weight is 257 g/mol. The highest BCUT2D eigenvalue weighted by atomic mass is 16.4. The third-order valence-corrected chi connectivity index (χ3v) is 2.89. The highest BCUT2D eigenvalue weighted by Gasteiger charge is 2.49. The summed E-state index contributed by atoms with van der Waals surface area (Å²) in [6.07, 6.45) is -0.741. The predicted molar refractivity (Wildman–Crippen MR) is 58.5 cm³/mol. The summed E-state index contributed by atoms with van der Waals surface area (Å²) in [4.78, 5) is 45.8. The minimum Gasteiger partial charge on any atom is -0.481 e. The largest absolute Gasteiger partial charge is 0.481 e. The number of aliphatic carboxylic acids is 2. The maximum atomic E-state index is 11.9. The van der Waals surface area contributed by atoms with Crippen molar-refractivity contribution in [3.05, 3.63) is 0 Å². The topological polar surface area (TPSA) is 112 Å². The number of hydrogen-bond acceptors (Lipinski definition) is 4. The van der Waals surface area contributed by atoms with Crippen LogP contribution in [-0.4, -0.2) is 44.9 Å². The van der Waals surface area contributed by atoms with Crippen LogP contribution in [-0.2, 0) is 19.2 Å². The smallest absolute Gasteiger partial charge is 0.326 e. The van der Waals surface area contributed by atoms with E-state index in [0.29, 0.717) is 4.90 Å². The van der Waals surface area contributed by atoms with Gasteiger partial charge in [-0.1, -0.05) is 13.8 Å². The van der Waals surface area contributed by atoms with Crippen LogP contribution in [0.2, 0.25) is 0 Å². The Bertz CT molecular complexity index is 414. The van der Waals surface area contributed by atoms with Crippen LogP contribution >= 0.6 is 0 Å². The summed E-state index contributed by atoms with van der Waals surface area (Å²) in [5.41, 5.74) is -0.923. The molecule has 1 heterocycles. The van der Waals surface area contributed by atoms with Gasteiger partial charge in [0.15, 0.2) is 0 Å². The van der Waals surface area contributed by atoms with Crippen LogP contribution in [0.15, 0.2) is 0 Å². The second kappa shape index (κ2) is 4.75. The Hall–Kier alpha value is -1.92. The second-order valence-electron chi connectivity index (χ2n) is 4.92. The van der Waals surface area contributed by atoms with Gasteiger partial charge in [-0.3, -0.25) is 19.3 Å². The predicted octanol–water partition coefficient (Wildman–Crippen LogP) is 0.0895. The first-order valence-electron chi connectivity index (χ1n) is 5.48. The Morgan fingerprint density at radius 3 is 2.22 bits per heavy atom. The molecule has 0 saturated carbocycles. The van der Waals surface area contributed by atoms with Gasteiger partial charge in [-0.05, 0) is 6.42 Å². The molecule has 1 saturated heterocycles. The lowest BCUT2D eigenvalue weighted by atomic mass is 9.92. The van der Waals surface area contributed by atoms with E-state index in [0.717, 1.165) is 0 Å². The fourth-order valence-electron chi connectivity index (χ4n) is 1.92. The van der Waals surface area contributed by atoms with Crippen molar-refractivity contribution < 1.29 is 29.4 Å². The molecular weight excluding hydrogens is 242 g/mol. The zero-order valence-electron chi connectivity index (χ0n) is 10.2. The number of imide groups is 1. The molecule has 1 atom stereocenters. The summed E-state index contributed by atoms with van der Waals surface area (Å²) >= 11 is 0. The van der Waals surface area contributed by atoms with Gasteiger partial charge in [-0.25, -0.2) is 4.79 Å². The summed E-state index contributed by atoms with van der Waals surface area (Å²) in [5, 5.41) is 17.6. The Balaban J connectivity index is 2.93. The first-order chi connectivity index (χ1) is 8.16. The number of likely N-dealkylation sites (tertiary alicyclic amines) is 1. The molecule has 7 nitrogen and oxygen atoms in total. The van der Waals surface area contributed by atoms with Gasteiger partial charge < -0.3 is 10.2 Å². The highest BCUT2D eigenvalue weighted by Crippen LogP contribution is 2.33. The molecule has 100 valence electrons. The zero-order valence-corrected chi connectivity index (χ0v) is 10.2. The molecule has 0 aromatic rings. The van der Waals surface area contributed by atoms with Crippen molar-refractivity contribution in [2.75, 3.05) is 0 Å². The maximum Gasteiger partial charge on any atom is 0.326 e. The number of hydrogen-bond donors (Lipinski definition) is 2. The van der Waals surface area contributed by atoms with Crippen molar-refractivity contribution in [2.24, 2.45) is 5.41 Å². The summed E-state index contributed by atoms with van der Waals surface area (Å²) in [5.74, 6) is -3.66. The van der Waals surface area contributed by atoms with Crippen molar-refractivity contribution >= 4 is 23.8 Å². The number of carboxylic acid groups (broad SMARTS) is 2. The van der Waals surface area contributed by atoms with Gasteiger partial charge in [0, 0.05) is 12.8 Å².